The van der Waals surface area contributed by atoms with Gasteiger partial charge in [0.2, 0.25) is 0 Å². The van der Waals surface area contributed by atoms with E-state index in [4.69, 9.17) is 5.73 Å². The summed E-state index contributed by atoms with van der Waals surface area (Å²) in [7, 11) is -3.66. The SMILES string of the molecule is Cc1c(Br)cc(CN)cc1S(=O)(=O)Nc1ccccc1I. The Morgan fingerprint density at radius 2 is 1.95 bits per heavy atom. The van der Waals surface area contributed by atoms with Crippen LogP contribution in [-0.4, -0.2) is 8.42 Å². The van der Waals surface area contributed by atoms with E-state index in [0.717, 1.165) is 13.6 Å². The summed E-state index contributed by atoms with van der Waals surface area (Å²) in [6.45, 7) is 2.04. The topological polar surface area (TPSA) is 72.2 Å². The standard InChI is InChI=1S/C14H14BrIN2O2S/c1-9-11(15)6-10(8-17)7-14(9)21(19,20)18-13-5-3-2-4-12(13)16/h2-7,18H,8,17H2,1H3. The molecule has 0 aliphatic carbocycles. The summed E-state index contributed by atoms with van der Waals surface area (Å²) in [4.78, 5) is 0.233. The van der Waals surface area contributed by atoms with Gasteiger partial charge in [0, 0.05) is 14.6 Å². The van der Waals surface area contributed by atoms with Gasteiger partial charge in [-0.3, -0.25) is 4.72 Å². The average Bonchev–Trinajstić information content (AvgIpc) is 2.43. The predicted molar refractivity (Wildman–Crippen MR) is 96.7 cm³/mol. The molecule has 0 aliphatic heterocycles. The molecular weight excluding hydrogens is 467 g/mol. The highest BCUT2D eigenvalue weighted by Gasteiger charge is 2.20. The molecule has 4 nitrogen and oxygen atoms in total. The van der Waals surface area contributed by atoms with Gasteiger partial charge in [-0.2, -0.15) is 0 Å². The Labute approximate surface area is 146 Å². The van der Waals surface area contributed by atoms with Crippen LogP contribution < -0.4 is 10.5 Å². The zero-order valence-electron chi connectivity index (χ0n) is 11.2. The lowest BCUT2D eigenvalue weighted by Gasteiger charge is -2.14. The predicted octanol–water partition coefficient (Wildman–Crippen LogP) is 3.62. The van der Waals surface area contributed by atoms with E-state index in [2.05, 4.69) is 43.2 Å². The number of para-hydroxylation sites is 1. The van der Waals surface area contributed by atoms with Gasteiger partial charge in [-0.15, -0.1) is 0 Å². The van der Waals surface area contributed by atoms with Crippen molar-refractivity contribution in [1.29, 1.82) is 0 Å². The molecule has 0 amide bonds. The van der Waals surface area contributed by atoms with Crippen LogP contribution in [0.5, 0.6) is 0 Å². The monoisotopic (exact) mass is 480 g/mol. The number of hydrogen-bond acceptors (Lipinski definition) is 3. The maximum atomic E-state index is 12.6. The van der Waals surface area contributed by atoms with Crippen molar-refractivity contribution in [3.63, 3.8) is 0 Å². The Morgan fingerprint density at radius 1 is 1.29 bits per heavy atom. The van der Waals surface area contributed by atoms with E-state index in [1.807, 2.05) is 18.2 Å². The largest absolute Gasteiger partial charge is 0.326 e. The molecule has 21 heavy (non-hydrogen) atoms. The van der Waals surface area contributed by atoms with Crippen molar-refractivity contribution >= 4 is 54.2 Å². The molecule has 0 radical (unpaired) electrons. The number of nitrogens with two attached hydrogens (primary N) is 1. The minimum absolute atomic E-state index is 0.233. The molecule has 0 atom stereocenters. The molecule has 112 valence electrons. The lowest BCUT2D eigenvalue weighted by Crippen LogP contribution is -2.16. The molecule has 0 bridgehead atoms. The average molecular weight is 481 g/mol. The first-order chi connectivity index (χ1) is 9.85. The van der Waals surface area contributed by atoms with E-state index < -0.39 is 10.0 Å². The third kappa shape index (κ3) is 3.77. The Hall–Kier alpha value is -0.640. The summed E-state index contributed by atoms with van der Waals surface area (Å²) < 4.78 is 29.4. The maximum absolute atomic E-state index is 12.6. The molecule has 0 saturated carbocycles. The van der Waals surface area contributed by atoms with Crippen LogP contribution in [0.2, 0.25) is 0 Å². The Morgan fingerprint density at radius 3 is 2.57 bits per heavy atom. The summed E-state index contributed by atoms with van der Waals surface area (Å²) in [5.74, 6) is 0. The number of halogens is 2. The van der Waals surface area contributed by atoms with Gasteiger partial charge in [0.25, 0.3) is 10.0 Å². The summed E-state index contributed by atoms with van der Waals surface area (Å²) in [5, 5.41) is 0. The van der Waals surface area contributed by atoms with Crippen molar-refractivity contribution in [2.75, 3.05) is 4.72 Å². The lowest BCUT2D eigenvalue weighted by molar-refractivity contribution is 0.600. The van der Waals surface area contributed by atoms with E-state index in [1.54, 1.807) is 25.1 Å². The highest BCUT2D eigenvalue weighted by Crippen LogP contribution is 2.28. The van der Waals surface area contributed by atoms with Gasteiger partial charge in [0.1, 0.15) is 0 Å². The normalized spacial score (nSPS) is 11.4. The first-order valence-corrected chi connectivity index (χ1v) is 9.47. The quantitative estimate of drug-likeness (QED) is 0.656. The van der Waals surface area contributed by atoms with Crippen LogP contribution in [0.15, 0.2) is 45.8 Å². The molecule has 0 saturated heterocycles. The van der Waals surface area contributed by atoms with E-state index in [1.165, 1.54) is 0 Å². The Kier molecular flexibility index (Phi) is 5.29. The van der Waals surface area contributed by atoms with Crippen LogP contribution in [0.3, 0.4) is 0 Å². The number of benzene rings is 2. The Balaban J connectivity index is 2.50. The first-order valence-electron chi connectivity index (χ1n) is 6.11. The molecular formula is C14H14BrIN2O2S. The minimum atomic E-state index is -3.66. The fourth-order valence-corrected chi connectivity index (χ4v) is 4.59. The van der Waals surface area contributed by atoms with Gasteiger partial charge >= 0.3 is 0 Å². The number of rotatable bonds is 4. The van der Waals surface area contributed by atoms with Crippen LogP contribution in [-0.2, 0) is 16.6 Å². The fourth-order valence-electron chi connectivity index (χ4n) is 1.85. The fraction of sp³-hybridized carbons (Fsp3) is 0.143. The van der Waals surface area contributed by atoms with Crippen LogP contribution in [0.4, 0.5) is 5.69 Å². The molecule has 0 spiro atoms. The second-order valence-corrected chi connectivity index (χ2v) is 8.16. The second-order valence-electron chi connectivity index (χ2n) is 4.49. The van der Waals surface area contributed by atoms with Gasteiger partial charge in [0.15, 0.2) is 0 Å². The molecule has 2 aromatic rings. The summed E-state index contributed by atoms with van der Waals surface area (Å²) in [6.07, 6.45) is 0. The van der Waals surface area contributed by atoms with Crippen molar-refractivity contribution < 1.29 is 8.42 Å². The summed E-state index contributed by atoms with van der Waals surface area (Å²) >= 11 is 5.47. The zero-order valence-corrected chi connectivity index (χ0v) is 15.8. The van der Waals surface area contributed by atoms with Crippen molar-refractivity contribution in [3.05, 3.63) is 55.6 Å². The zero-order chi connectivity index (χ0) is 15.6. The number of sulfonamides is 1. The van der Waals surface area contributed by atoms with Gasteiger partial charge in [-0.1, -0.05) is 28.1 Å². The molecule has 0 fully saturated rings. The second kappa shape index (κ2) is 6.64. The first kappa shape index (κ1) is 16.7. The number of hydrogen-bond donors (Lipinski definition) is 2. The van der Waals surface area contributed by atoms with Gasteiger partial charge < -0.3 is 5.73 Å². The Bertz CT molecular complexity index is 779. The lowest BCUT2D eigenvalue weighted by atomic mass is 10.1. The van der Waals surface area contributed by atoms with Crippen LogP contribution in [0.25, 0.3) is 0 Å². The van der Waals surface area contributed by atoms with E-state index >= 15 is 0 Å². The van der Waals surface area contributed by atoms with E-state index in [-0.39, 0.29) is 11.4 Å². The highest BCUT2D eigenvalue weighted by molar-refractivity contribution is 14.1. The highest BCUT2D eigenvalue weighted by atomic mass is 127. The van der Waals surface area contributed by atoms with Crippen LogP contribution in [0.1, 0.15) is 11.1 Å². The molecule has 2 aromatic carbocycles. The van der Waals surface area contributed by atoms with Gasteiger partial charge in [-0.05, 0) is 64.9 Å². The molecule has 0 heterocycles. The smallest absolute Gasteiger partial charge is 0.262 e. The number of nitrogens with one attached hydrogen (secondary N) is 1. The molecule has 3 N–H and O–H groups in total. The minimum Gasteiger partial charge on any atom is -0.326 e. The van der Waals surface area contributed by atoms with Crippen molar-refractivity contribution in [3.8, 4) is 0 Å². The third-order valence-electron chi connectivity index (χ3n) is 3.00. The molecule has 2 rings (SSSR count). The van der Waals surface area contributed by atoms with E-state index in [0.29, 0.717) is 11.3 Å². The third-order valence-corrected chi connectivity index (χ3v) is 6.26. The summed E-state index contributed by atoms with van der Waals surface area (Å²) in [6, 6.07) is 10.7. The number of anilines is 1. The molecule has 7 heteroatoms. The van der Waals surface area contributed by atoms with Gasteiger partial charge in [-0.25, -0.2) is 8.42 Å². The molecule has 0 aromatic heterocycles. The van der Waals surface area contributed by atoms with Crippen LogP contribution >= 0.6 is 38.5 Å². The summed E-state index contributed by atoms with van der Waals surface area (Å²) in [5.41, 5.74) is 7.60. The van der Waals surface area contributed by atoms with Crippen LogP contribution in [0, 0.1) is 10.5 Å². The van der Waals surface area contributed by atoms with Crippen molar-refractivity contribution in [2.24, 2.45) is 5.73 Å². The van der Waals surface area contributed by atoms with E-state index in [9.17, 15) is 8.42 Å². The maximum Gasteiger partial charge on any atom is 0.262 e. The van der Waals surface area contributed by atoms with Crippen molar-refractivity contribution in [1.82, 2.24) is 0 Å². The van der Waals surface area contributed by atoms with Crippen molar-refractivity contribution in [2.45, 2.75) is 18.4 Å². The van der Waals surface area contributed by atoms with Gasteiger partial charge in [0.05, 0.1) is 10.6 Å². The molecule has 0 unspecified atom stereocenters. The molecule has 0 aliphatic rings.